The van der Waals surface area contributed by atoms with E-state index in [2.05, 4.69) is 27.3 Å². The average molecular weight is 419 g/mol. The lowest BCUT2D eigenvalue weighted by molar-refractivity contribution is 0.00496. The number of aliphatic hydroxyl groups excluding tert-OH is 1. The summed E-state index contributed by atoms with van der Waals surface area (Å²) in [6.45, 7) is 7.33. The first-order chi connectivity index (χ1) is 14.4. The Morgan fingerprint density at radius 1 is 1.30 bits per heavy atom. The summed E-state index contributed by atoms with van der Waals surface area (Å²) in [5, 5.41) is 18.2. The Morgan fingerprint density at radius 2 is 2.03 bits per heavy atom. The summed E-state index contributed by atoms with van der Waals surface area (Å²) in [7, 11) is 0. The minimum Gasteiger partial charge on any atom is -0.402 e. The molecule has 2 fully saturated rings. The van der Waals surface area contributed by atoms with Crippen LogP contribution >= 0.6 is 0 Å². The first kappa shape index (κ1) is 22.6. The quantitative estimate of drug-likeness (QED) is 0.497. The van der Waals surface area contributed by atoms with Crippen LogP contribution in [0.15, 0.2) is 22.1 Å². The summed E-state index contributed by atoms with van der Waals surface area (Å²) in [5.74, 6) is 1.47. The van der Waals surface area contributed by atoms with E-state index in [4.69, 9.17) is 16.0 Å². The molecule has 1 aromatic rings. The maximum atomic E-state index is 10.4. The van der Waals surface area contributed by atoms with E-state index in [1.165, 1.54) is 32.1 Å². The van der Waals surface area contributed by atoms with Gasteiger partial charge in [-0.1, -0.05) is 31.3 Å². The third-order valence-corrected chi connectivity index (χ3v) is 6.74. The van der Waals surface area contributed by atoms with Gasteiger partial charge in [0.2, 0.25) is 0 Å². The molecule has 8 heteroatoms. The number of hydrogen-bond donors (Lipinski definition) is 4. The molecule has 2 heterocycles. The van der Waals surface area contributed by atoms with E-state index in [1.807, 2.05) is 0 Å². The fourth-order valence-electron chi connectivity index (χ4n) is 4.86. The fraction of sp³-hybridized carbons (Fsp3) is 0.727. The molecule has 6 N–H and O–H groups in total. The number of allylic oxidation sites excluding steroid dienone is 3. The number of nitrogens with two attached hydrogens (primary N) is 2. The van der Waals surface area contributed by atoms with Gasteiger partial charge in [-0.15, -0.1) is 0 Å². The second kappa shape index (κ2) is 9.83. The molecule has 1 saturated heterocycles. The fourth-order valence-corrected chi connectivity index (χ4v) is 4.86. The molecule has 0 radical (unpaired) electrons. The van der Waals surface area contributed by atoms with Crippen LogP contribution in [0.1, 0.15) is 70.5 Å². The maximum Gasteiger partial charge on any atom is 0.261 e. The van der Waals surface area contributed by atoms with Gasteiger partial charge in [-0.25, -0.2) is 0 Å². The van der Waals surface area contributed by atoms with Gasteiger partial charge in [-0.2, -0.15) is 4.98 Å². The van der Waals surface area contributed by atoms with Crippen molar-refractivity contribution >= 4 is 5.57 Å². The predicted molar refractivity (Wildman–Crippen MR) is 118 cm³/mol. The van der Waals surface area contributed by atoms with Gasteiger partial charge in [0.1, 0.15) is 5.82 Å². The highest BCUT2D eigenvalue weighted by Crippen LogP contribution is 2.36. The number of rotatable bonds is 7. The summed E-state index contributed by atoms with van der Waals surface area (Å²) in [6.07, 6.45) is 9.96. The van der Waals surface area contributed by atoms with Crippen molar-refractivity contribution in [1.29, 1.82) is 0 Å². The molecule has 168 valence electrons. The molecule has 30 heavy (non-hydrogen) atoms. The molecule has 2 aliphatic rings. The van der Waals surface area contributed by atoms with Crippen LogP contribution in [-0.4, -0.2) is 51.9 Å². The second-order valence-electron chi connectivity index (χ2n) is 8.97. The molecule has 1 aliphatic carbocycles. The Labute approximate surface area is 179 Å². The zero-order valence-electron chi connectivity index (χ0n) is 18.7. The van der Waals surface area contributed by atoms with E-state index in [0.29, 0.717) is 41.4 Å². The average Bonchev–Trinajstić information content (AvgIpc) is 3.18. The Hall–Kier alpha value is -2.06. The molecule has 1 aromatic heterocycles. The van der Waals surface area contributed by atoms with Crippen LogP contribution in [-0.2, 0) is 0 Å². The zero-order chi connectivity index (χ0) is 21.7. The first-order valence-corrected chi connectivity index (χ1v) is 11.2. The van der Waals surface area contributed by atoms with Crippen molar-refractivity contribution in [1.82, 2.24) is 20.4 Å². The van der Waals surface area contributed by atoms with Crippen molar-refractivity contribution in [2.75, 3.05) is 19.7 Å². The van der Waals surface area contributed by atoms with Gasteiger partial charge >= 0.3 is 0 Å². The van der Waals surface area contributed by atoms with Gasteiger partial charge in [0, 0.05) is 36.3 Å². The Bertz CT molecular complexity index is 757. The lowest BCUT2D eigenvalue weighted by atomic mass is 9.73. The van der Waals surface area contributed by atoms with Crippen LogP contribution in [0, 0.1) is 12.3 Å². The van der Waals surface area contributed by atoms with Gasteiger partial charge in [0.05, 0.1) is 12.2 Å². The molecular weight excluding hydrogens is 380 g/mol. The number of aliphatic hydroxyl groups is 1. The normalized spacial score (nSPS) is 27.3. The highest BCUT2D eigenvalue weighted by Gasteiger charge is 2.43. The highest BCUT2D eigenvalue weighted by molar-refractivity contribution is 5.71. The predicted octanol–water partition coefficient (Wildman–Crippen LogP) is 2.25. The van der Waals surface area contributed by atoms with E-state index in [0.717, 1.165) is 19.4 Å². The van der Waals surface area contributed by atoms with Crippen LogP contribution in [0.25, 0.3) is 5.57 Å². The number of nitrogens with zero attached hydrogens (tertiary/aromatic N) is 3. The Balaban J connectivity index is 1.85. The third-order valence-electron chi connectivity index (χ3n) is 6.74. The number of hydrogen-bond acceptors (Lipinski definition) is 8. The van der Waals surface area contributed by atoms with Crippen molar-refractivity contribution in [3.8, 4) is 0 Å². The molecule has 2 atom stereocenters. The van der Waals surface area contributed by atoms with Gasteiger partial charge in [-0.3, -0.25) is 0 Å². The first-order valence-electron chi connectivity index (χ1n) is 11.2. The van der Waals surface area contributed by atoms with E-state index in [1.54, 1.807) is 19.9 Å². The second-order valence-corrected chi connectivity index (χ2v) is 8.97. The van der Waals surface area contributed by atoms with Gasteiger partial charge in [-0.05, 0) is 45.6 Å². The summed E-state index contributed by atoms with van der Waals surface area (Å²) >= 11 is 0. The number of nitrogens with one attached hydrogen (secondary N) is 1. The maximum absolute atomic E-state index is 10.4. The van der Waals surface area contributed by atoms with Crippen LogP contribution in [0.4, 0.5) is 0 Å². The molecule has 1 aliphatic heterocycles. The monoisotopic (exact) mass is 418 g/mol. The molecule has 0 amide bonds. The number of aryl methyl sites for hydroxylation is 1. The number of aromatic nitrogens is 2. The lowest BCUT2D eigenvalue weighted by Gasteiger charge is -2.49. The van der Waals surface area contributed by atoms with Crippen molar-refractivity contribution in [2.45, 2.75) is 77.8 Å². The summed E-state index contributed by atoms with van der Waals surface area (Å²) in [6, 6.07) is 0.834. The van der Waals surface area contributed by atoms with E-state index in [9.17, 15) is 5.11 Å². The van der Waals surface area contributed by atoms with Gasteiger partial charge in [0.15, 0.2) is 5.82 Å². The van der Waals surface area contributed by atoms with Gasteiger partial charge < -0.3 is 31.3 Å². The number of likely N-dealkylation sites (tertiary alicyclic amines) is 1. The molecule has 0 bridgehead atoms. The van der Waals surface area contributed by atoms with Crippen LogP contribution in [0.5, 0.6) is 0 Å². The van der Waals surface area contributed by atoms with E-state index in [-0.39, 0.29) is 18.1 Å². The SMILES string of the molecule is CCC1(CO)CN(/C(N)=C(/C=C(/C)N)c2nc(C)no2)CCC1NC1CCCCC1. The van der Waals surface area contributed by atoms with Crippen molar-refractivity contribution in [3.63, 3.8) is 0 Å². The molecule has 2 unspecified atom stereocenters. The zero-order valence-corrected chi connectivity index (χ0v) is 18.7. The minimum absolute atomic E-state index is 0.123. The van der Waals surface area contributed by atoms with Crippen LogP contribution in [0.2, 0.25) is 0 Å². The van der Waals surface area contributed by atoms with Crippen molar-refractivity contribution < 1.29 is 9.63 Å². The van der Waals surface area contributed by atoms with E-state index < -0.39 is 0 Å². The van der Waals surface area contributed by atoms with Gasteiger partial charge in [0.25, 0.3) is 5.89 Å². The third kappa shape index (κ3) is 4.98. The molecule has 0 spiro atoms. The van der Waals surface area contributed by atoms with E-state index >= 15 is 0 Å². The largest absolute Gasteiger partial charge is 0.402 e. The molecule has 0 aromatic carbocycles. The molecule has 8 nitrogen and oxygen atoms in total. The van der Waals surface area contributed by atoms with Crippen LogP contribution < -0.4 is 16.8 Å². The summed E-state index contributed by atoms with van der Waals surface area (Å²) in [4.78, 5) is 6.48. The smallest absolute Gasteiger partial charge is 0.261 e. The van der Waals surface area contributed by atoms with Crippen LogP contribution in [0.3, 0.4) is 0 Å². The molecule has 3 rings (SSSR count). The molecular formula is C22H38N6O2. The Morgan fingerprint density at radius 3 is 2.60 bits per heavy atom. The Kier molecular flexibility index (Phi) is 7.41. The minimum atomic E-state index is -0.252. The highest BCUT2D eigenvalue weighted by atomic mass is 16.5. The topological polar surface area (TPSA) is 126 Å². The summed E-state index contributed by atoms with van der Waals surface area (Å²) < 4.78 is 5.38. The summed E-state index contributed by atoms with van der Waals surface area (Å²) in [5.41, 5.74) is 13.6. The lowest BCUT2D eigenvalue weighted by Crippen LogP contribution is -2.60. The molecule has 1 saturated carbocycles. The van der Waals surface area contributed by atoms with Crippen molar-refractivity contribution in [3.05, 3.63) is 29.3 Å². The number of piperidine rings is 1. The standard InChI is InChI=1S/C22H38N6O2/c1-4-22(14-29)13-28(11-10-19(22)26-17-8-6-5-7-9-17)20(24)18(12-15(2)23)21-25-16(3)27-30-21/h12,17,19,26,29H,4-11,13-14,23-24H2,1-3H3/b15-12-,20-18-. The van der Waals surface area contributed by atoms with Crippen molar-refractivity contribution in [2.24, 2.45) is 16.9 Å².